The summed E-state index contributed by atoms with van der Waals surface area (Å²) in [5.41, 5.74) is -0.104. The van der Waals surface area contributed by atoms with E-state index in [1.807, 2.05) is 6.07 Å². The fourth-order valence-electron chi connectivity index (χ4n) is 2.59. The van der Waals surface area contributed by atoms with Crippen molar-refractivity contribution in [2.45, 2.75) is 65.0 Å². The predicted molar refractivity (Wildman–Crippen MR) is 78.7 cm³/mol. The molecule has 0 aliphatic carbocycles. The Bertz CT molecular complexity index is 474. The lowest BCUT2D eigenvalue weighted by molar-refractivity contribution is -0.120. The monoisotopic (exact) mass is 279 g/mol. The fraction of sp³-hybridized carbons (Fsp3) is 0.733. The molecule has 1 aromatic rings. The van der Waals surface area contributed by atoms with Gasteiger partial charge in [0.05, 0.1) is 6.04 Å². The highest BCUT2D eigenvalue weighted by Gasteiger charge is 2.32. The third-order valence-corrected chi connectivity index (χ3v) is 3.76. The molecule has 1 amide bonds. The summed E-state index contributed by atoms with van der Waals surface area (Å²) < 4.78 is 5.29. The molecule has 20 heavy (non-hydrogen) atoms. The second-order valence-corrected chi connectivity index (χ2v) is 6.81. The summed E-state index contributed by atoms with van der Waals surface area (Å²) >= 11 is 0. The topological polar surface area (TPSA) is 58.4 Å². The van der Waals surface area contributed by atoms with Crippen molar-refractivity contribution in [1.82, 2.24) is 10.1 Å². The van der Waals surface area contributed by atoms with Gasteiger partial charge in [-0.1, -0.05) is 25.9 Å². The molecule has 1 N–H and O–H groups in total. The molecule has 0 bridgehead atoms. The number of carbonyl (C=O) groups is 1. The number of anilines is 1. The average Bonchev–Trinajstić information content (AvgIpc) is 2.95. The fourth-order valence-corrected chi connectivity index (χ4v) is 2.59. The number of likely N-dealkylation sites (tertiary alicyclic amines) is 1. The summed E-state index contributed by atoms with van der Waals surface area (Å²) in [7, 11) is 0. The zero-order chi connectivity index (χ0) is 14.9. The molecule has 1 fully saturated rings. The normalized spacial score (nSPS) is 20.6. The number of nitrogens with one attached hydrogen (secondary N) is 1. The highest BCUT2D eigenvalue weighted by molar-refractivity contribution is 5.94. The molecule has 1 atom stereocenters. The Kier molecular flexibility index (Phi) is 4.18. The average molecular weight is 279 g/mol. The van der Waals surface area contributed by atoms with Crippen LogP contribution in [-0.2, 0) is 10.2 Å². The van der Waals surface area contributed by atoms with Gasteiger partial charge in [0.1, 0.15) is 5.76 Å². The summed E-state index contributed by atoms with van der Waals surface area (Å²) in [6, 6.07) is 2.15. The van der Waals surface area contributed by atoms with Crippen molar-refractivity contribution in [3.63, 3.8) is 0 Å². The summed E-state index contributed by atoms with van der Waals surface area (Å²) in [6.07, 6.45) is 1.98. The van der Waals surface area contributed by atoms with Gasteiger partial charge in [-0.25, -0.2) is 0 Å². The van der Waals surface area contributed by atoms with Crippen LogP contribution in [-0.4, -0.2) is 34.6 Å². The van der Waals surface area contributed by atoms with Gasteiger partial charge in [0.15, 0.2) is 5.82 Å². The zero-order valence-electron chi connectivity index (χ0n) is 13.1. The van der Waals surface area contributed by atoms with Crippen molar-refractivity contribution in [3.05, 3.63) is 11.8 Å². The summed E-state index contributed by atoms with van der Waals surface area (Å²) in [6.45, 7) is 11.4. The first-order valence-electron chi connectivity index (χ1n) is 7.33. The lowest BCUT2D eigenvalue weighted by Gasteiger charge is -2.26. The highest BCUT2D eigenvalue weighted by atomic mass is 16.5. The molecule has 0 radical (unpaired) electrons. The molecule has 2 rings (SSSR count). The van der Waals surface area contributed by atoms with E-state index in [-0.39, 0.29) is 17.4 Å². The number of carbonyl (C=O) groups excluding carboxylic acids is 1. The Labute approximate surface area is 120 Å². The van der Waals surface area contributed by atoms with E-state index in [0.29, 0.717) is 11.9 Å². The molecule has 5 nitrogen and oxygen atoms in total. The maximum absolute atomic E-state index is 12.4. The molecule has 1 unspecified atom stereocenters. The summed E-state index contributed by atoms with van der Waals surface area (Å²) in [5, 5.41) is 6.81. The van der Waals surface area contributed by atoms with Crippen LogP contribution < -0.4 is 5.32 Å². The van der Waals surface area contributed by atoms with Crippen LogP contribution in [0.4, 0.5) is 5.82 Å². The second kappa shape index (κ2) is 5.56. The molecule has 1 aliphatic heterocycles. The molecule has 0 spiro atoms. The van der Waals surface area contributed by atoms with Gasteiger partial charge in [-0.15, -0.1) is 0 Å². The van der Waals surface area contributed by atoms with Crippen molar-refractivity contribution in [2.75, 3.05) is 11.9 Å². The van der Waals surface area contributed by atoms with Crippen LogP contribution in [0.5, 0.6) is 0 Å². The lowest BCUT2D eigenvalue weighted by atomic mass is 9.93. The first kappa shape index (κ1) is 15.0. The minimum Gasteiger partial charge on any atom is -0.359 e. The Morgan fingerprint density at radius 3 is 2.75 bits per heavy atom. The van der Waals surface area contributed by atoms with Crippen molar-refractivity contribution in [3.8, 4) is 0 Å². The van der Waals surface area contributed by atoms with Gasteiger partial charge in [-0.2, -0.15) is 0 Å². The molecule has 5 heteroatoms. The van der Waals surface area contributed by atoms with Gasteiger partial charge < -0.3 is 9.84 Å². The molecular formula is C15H25N3O2. The van der Waals surface area contributed by atoms with Crippen LogP contribution in [0.15, 0.2) is 10.6 Å². The molecule has 1 saturated heterocycles. The first-order valence-corrected chi connectivity index (χ1v) is 7.33. The SMILES string of the molecule is CC(C)N1CCCC1C(=O)Nc1cc(C(C)(C)C)on1. The Hall–Kier alpha value is -1.36. The molecule has 1 aromatic heterocycles. The van der Waals surface area contributed by atoms with Crippen LogP contribution in [0.25, 0.3) is 0 Å². The van der Waals surface area contributed by atoms with Gasteiger partial charge in [0.25, 0.3) is 0 Å². The van der Waals surface area contributed by atoms with E-state index in [0.717, 1.165) is 25.1 Å². The maximum Gasteiger partial charge on any atom is 0.242 e. The molecule has 0 saturated carbocycles. The minimum absolute atomic E-state index is 0.0185. The molecule has 0 aromatic carbocycles. The van der Waals surface area contributed by atoms with Crippen molar-refractivity contribution in [1.29, 1.82) is 0 Å². The maximum atomic E-state index is 12.4. The molecule has 2 heterocycles. The quantitative estimate of drug-likeness (QED) is 0.924. The van der Waals surface area contributed by atoms with Gasteiger partial charge >= 0.3 is 0 Å². The van der Waals surface area contributed by atoms with Crippen LogP contribution in [0, 0.1) is 0 Å². The molecular weight excluding hydrogens is 254 g/mol. The van der Waals surface area contributed by atoms with Crippen LogP contribution >= 0.6 is 0 Å². The van der Waals surface area contributed by atoms with Crippen LogP contribution in [0.2, 0.25) is 0 Å². The standard InChI is InChI=1S/C15H25N3O2/c1-10(2)18-8-6-7-11(18)14(19)16-13-9-12(20-17-13)15(3,4)5/h9-11H,6-8H2,1-5H3,(H,16,17,19). The van der Waals surface area contributed by atoms with Gasteiger partial charge in [0, 0.05) is 17.5 Å². The van der Waals surface area contributed by atoms with Crippen molar-refractivity contribution >= 4 is 11.7 Å². The van der Waals surface area contributed by atoms with Gasteiger partial charge in [-0.05, 0) is 33.2 Å². The first-order chi connectivity index (χ1) is 9.29. The predicted octanol–water partition coefficient (Wildman–Crippen LogP) is 2.78. The number of amides is 1. The summed E-state index contributed by atoms with van der Waals surface area (Å²) in [4.78, 5) is 14.6. The zero-order valence-corrected chi connectivity index (χ0v) is 13.1. The Morgan fingerprint density at radius 1 is 1.50 bits per heavy atom. The van der Waals surface area contributed by atoms with E-state index >= 15 is 0 Å². The van der Waals surface area contributed by atoms with E-state index < -0.39 is 0 Å². The largest absolute Gasteiger partial charge is 0.359 e. The van der Waals surface area contributed by atoms with E-state index in [9.17, 15) is 4.79 Å². The van der Waals surface area contributed by atoms with Crippen molar-refractivity contribution in [2.24, 2.45) is 0 Å². The number of nitrogens with zero attached hydrogens (tertiary/aromatic N) is 2. The molecule has 112 valence electrons. The van der Waals surface area contributed by atoms with Crippen molar-refractivity contribution < 1.29 is 9.32 Å². The Balaban J connectivity index is 2.03. The Morgan fingerprint density at radius 2 is 2.20 bits per heavy atom. The number of hydrogen-bond acceptors (Lipinski definition) is 4. The third kappa shape index (κ3) is 3.20. The van der Waals surface area contributed by atoms with Crippen LogP contribution in [0.1, 0.15) is 53.2 Å². The smallest absolute Gasteiger partial charge is 0.242 e. The molecule has 1 aliphatic rings. The van der Waals surface area contributed by atoms with Gasteiger partial charge in [0.2, 0.25) is 5.91 Å². The van der Waals surface area contributed by atoms with E-state index in [4.69, 9.17) is 4.52 Å². The van der Waals surface area contributed by atoms with Crippen LogP contribution in [0.3, 0.4) is 0 Å². The van der Waals surface area contributed by atoms with E-state index in [2.05, 4.69) is 50.0 Å². The number of rotatable bonds is 3. The van der Waals surface area contributed by atoms with Gasteiger partial charge in [-0.3, -0.25) is 9.69 Å². The lowest BCUT2D eigenvalue weighted by Crippen LogP contribution is -2.43. The summed E-state index contributed by atoms with van der Waals surface area (Å²) in [5.74, 6) is 1.31. The number of hydrogen-bond donors (Lipinski definition) is 1. The minimum atomic E-state index is -0.104. The second-order valence-electron chi connectivity index (χ2n) is 6.81. The van der Waals surface area contributed by atoms with E-state index in [1.165, 1.54) is 0 Å². The third-order valence-electron chi connectivity index (χ3n) is 3.76. The van der Waals surface area contributed by atoms with E-state index in [1.54, 1.807) is 0 Å². The number of aromatic nitrogens is 1. The highest BCUT2D eigenvalue weighted by Crippen LogP contribution is 2.25.